The van der Waals surface area contributed by atoms with Gasteiger partial charge in [0.2, 0.25) is 0 Å². The number of alkyl halides is 3. The van der Waals surface area contributed by atoms with Gasteiger partial charge < -0.3 is 9.30 Å². The molecular formula is C29H22ClF3IN3O3S. The Balaban J connectivity index is 1.75. The van der Waals surface area contributed by atoms with E-state index in [-0.39, 0.29) is 21.5 Å². The molecule has 0 saturated heterocycles. The van der Waals surface area contributed by atoms with Gasteiger partial charge in [0.15, 0.2) is 10.5 Å². The summed E-state index contributed by atoms with van der Waals surface area (Å²) < 4.78 is 52.4. The van der Waals surface area contributed by atoms with Crippen LogP contribution < -0.4 is 14.9 Å². The fraction of sp³-hybridized carbons (Fsp3) is 0.207. The molecule has 2 aromatic heterocycles. The number of carbonyl (C=O) groups is 1. The summed E-state index contributed by atoms with van der Waals surface area (Å²) in [4.78, 5) is 30.5. The predicted molar refractivity (Wildman–Crippen MR) is 160 cm³/mol. The predicted octanol–water partition coefficient (Wildman–Crippen LogP) is 6.01. The van der Waals surface area contributed by atoms with E-state index in [1.54, 1.807) is 6.08 Å². The normalized spacial score (nSPS) is 15.6. The van der Waals surface area contributed by atoms with Crippen LogP contribution in [-0.2, 0) is 9.53 Å². The molecule has 41 heavy (non-hydrogen) atoms. The number of benzene rings is 2. The third-order valence-corrected chi connectivity index (χ3v) is 8.58. The number of aryl methyl sites for hydroxylation is 1. The Kier molecular flexibility index (Phi) is 8.05. The van der Waals surface area contributed by atoms with E-state index in [1.807, 2.05) is 48.7 Å². The van der Waals surface area contributed by atoms with E-state index >= 15 is 0 Å². The molecule has 4 aromatic rings. The lowest BCUT2D eigenvalue weighted by atomic mass is 9.95. The molecule has 1 atom stereocenters. The lowest BCUT2D eigenvalue weighted by Gasteiger charge is -2.26. The summed E-state index contributed by atoms with van der Waals surface area (Å²) in [5.74, 6) is -1.20. The molecule has 0 spiro atoms. The van der Waals surface area contributed by atoms with Crippen LogP contribution in [0.3, 0.4) is 0 Å². The van der Waals surface area contributed by atoms with Gasteiger partial charge in [0.05, 0.1) is 22.8 Å². The molecule has 0 unspecified atom stereocenters. The second kappa shape index (κ2) is 11.3. The monoisotopic (exact) mass is 711 g/mol. The quantitative estimate of drug-likeness (QED) is 0.188. The molecule has 2 aromatic carbocycles. The summed E-state index contributed by atoms with van der Waals surface area (Å²) in [5, 5.41) is 0.349. The second-order valence-corrected chi connectivity index (χ2v) is 11.9. The first kappa shape index (κ1) is 29.3. The molecule has 0 aliphatic carbocycles. The van der Waals surface area contributed by atoms with Crippen LogP contribution in [-0.4, -0.2) is 27.9 Å². The van der Waals surface area contributed by atoms with E-state index in [1.165, 1.54) is 31.2 Å². The number of hydrogen-bond donors (Lipinski definition) is 0. The largest absolute Gasteiger partial charge is 0.463 e. The zero-order chi connectivity index (χ0) is 29.6. The van der Waals surface area contributed by atoms with E-state index in [4.69, 9.17) is 16.3 Å². The molecule has 0 saturated carbocycles. The van der Waals surface area contributed by atoms with Crippen molar-refractivity contribution in [3.8, 4) is 5.69 Å². The van der Waals surface area contributed by atoms with Crippen molar-refractivity contribution in [3.05, 3.63) is 117 Å². The molecule has 5 rings (SSSR count). The highest BCUT2D eigenvalue weighted by molar-refractivity contribution is 14.1. The Morgan fingerprint density at radius 2 is 1.80 bits per heavy atom. The van der Waals surface area contributed by atoms with Gasteiger partial charge in [-0.2, -0.15) is 13.2 Å². The maximum atomic E-state index is 14.3. The molecule has 0 amide bonds. The highest BCUT2D eigenvalue weighted by Gasteiger charge is 2.45. The Hall–Kier alpha value is -3.16. The Labute approximate surface area is 255 Å². The van der Waals surface area contributed by atoms with Gasteiger partial charge in [-0.15, -0.1) is 0 Å². The number of ether oxygens (including phenoxy) is 1. The third kappa shape index (κ3) is 5.54. The van der Waals surface area contributed by atoms with Crippen molar-refractivity contribution in [2.75, 3.05) is 6.61 Å². The van der Waals surface area contributed by atoms with Gasteiger partial charge in [-0.1, -0.05) is 35.1 Å². The fourth-order valence-corrected chi connectivity index (χ4v) is 6.34. The van der Waals surface area contributed by atoms with Gasteiger partial charge in [0.25, 0.3) is 5.56 Å². The summed E-state index contributed by atoms with van der Waals surface area (Å²) in [6.45, 7) is 5.18. The molecule has 1 aliphatic heterocycles. The first-order valence-corrected chi connectivity index (χ1v) is 14.7. The molecule has 3 heterocycles. The minimum Gasteiger partial charge on any atom is -0.463 e. The third-order valence-electron chi connectivity index (χ3n) is 6.62. The van der Waals surface area contributed by atoms with E-state index in [0.717, 1.165) is 42.1 Å². The second-order valence-electron chi connectivity index (χ2n) is 9.25. The number of hydrogen-bond acceptors (Lipinski definition) is 5. The van der Waals surface area contributed by atoms with Gasteiger partial charge in [0, 0.05) is 25.7 Å². The number of allylic oxidation sites excluding steroid dienone is 1. The van der Waals surface area contributed by atoms with Crippen molar-refractivity contribution in [3.63, 3.8) is 0 Å². The van der Waals surface area contributed by atoms with Gasteiger partial charge in [0.1, 0.15) is 0 Å². The van der Waals surface area contributed by atoms with E-state index in [9.17, 15) is 22.8 Å². The molecular weight excluding hydrogens is 690 g/mol. The number of thiazole rings is 1. The van der Waals surface area contributed by atoms with E-state index in [2.05, 4.69) is 27.6 Å². The molecule has 0 fully saturated rings. The van der Waals surface area contributed by atoms with Crippen LogP contribution in [0.1, 0.15) is 35.5 Å². The minimum atomic E-state index is -4.97. The summed E-state index contributed by atoms with van der Waals surface area (Å²) in [6.07, 6.45) is -3.32. The van der Waals surface area contributed by atoms with Crippen LogP contribution in [0.25, 0.3) is 11.8 Å². The van der Waals surface area contributed by atoms with Gasteiger partial charge in [-0.05, 0) is 103 Å². The SMILES string of the molecule is CCOC(=O)C1=C(C(F)(F)F)N=c2s/c(=C\c3cc(C)n(-c4ccc(I)cc4)c3C)c(=O)n2[C@H]1c1ccc(Cl)cc1. The van der Waals surface area contributed by atoms with Crippen molar-refractivity contribution in [2.45, 2.75) is 33.0 Å². The number of carbonyl (C=O) groups excluding carboxylic acids is 1. The van der Waals surface area contributed by atoms with Crippen LogP contribution in [0.5, 0.6) is 0 Å². The first-order valence-electron chi connectivity index (χ1n) is 12.4. The Bertz CT molecular complexity index is 1870. The molecule has 6 nitrogen and oxygen atoms in total. The maximum Gasteiger partial charge on any atom is 0.434 e. The van der Waals surface area contributed by atoms with Crippen molar-refractivity contribution < 1.29 is 22.7 Å². The van der Waals surface area contributed by atoms with Crippen molar-refractivity contribution in [1.82, 2.24) is 9.13 Å². The fourth-order valence-electron chi connectivity index (χ4n) is 4.86. The average molecular weight is 712 g/mol. The lowest BCUT2D eigenvalue weighted by molar-refractivity contribution is -0.140. The van der Waals surface area contributed by atoms with Crippen molar-refractivity contribution >= 4 is 57.6 Å². The maximum absolute atomic E-state index is 14.3. The van der Waals surface area contributed by atoms with E-state index in [0.29, 0.717) is 5.02 Å². The Morgan fingerprint density at radius 3 is 2.41 bits per heavy atom. The van der Waals surface area contributed by atoms with Crippen molar-refractivity contribution in [1.29, 1.82) is 0 Å². The zero-order valence-corrected chi connectivity index (χ0v) is 25.7. The standard InChI is InChI=1S/C29H22ClF3IN3O3S/c1-4-40-27(39)23-24(17-5-7-19(30)8-6-17)37-26(38)22(41-28(37)35-25(23)29(31,32)33)14-18-13-15(2)36(16(18)3)21-11-9-20(34)10-12-21/h5-14,24H,4H2,1-3H3/b22-14-/t24-/m0/s1. The van der Waals surface area contributed by atoms with Crippen LogP contribution in [0.15, 0.2) is 75.7 Å². The van der Waals surface area contributed by atoms with Crippen molar-refractivity contribution in [2.24, 2.45) is 4.99 Å². The van der Waals surface area contributed by atoms with Crippen LogP contribution in [0, 0.1) is 17.4 Å². The molecule has 1 aliphatic rings. The zero-order valence-electron chi connectivity index (χ0n) is 21.9. The molecule has 0 bridgehead atoms. The number of esters is 1. The Morgan fingerprint density at radius 1 is 1.15 bits per heavy atom. The smallest absolute Gasteiger partial charge is 0.434 e. The minimum absolute atomic E-state index is 0.151. The highest BCUT2D eigenvalue weighted by Crippen LogP contribution is 2.38. The first-order chi connectivity index (χ1) is 19.4. The number of rotatable bonds is 5. The summed E-state index contributed by atoms with van der Waals surface area (Å²) in [5.41, 5.74) is 0.999. The van der Waals surface area contributed by atoms with E-state index < -0.39 is 35.0 Å². The number of halogens is 5. The topological polar surface area (TPSA) is 65.6 Å². The van der Waals surface area contributed by atoms with Crippen LogP contribution in [0.4, 0.5) is 13.2 Å². The number of aromatic nitrogens is 2. The molecule has 212 valence electrons. The lowest BCUT2D eigenvalue weighted by Crippen LogP contribution is -2.41. The van der Waals surface area contributed by atoms with Gasteiger partial charge >= 0.3 is 12.1 Å². The summed E-state index contributed by atoms with van der Waals surface area (Å²) in [6, 6.07) is 14.4. The summed E-state index contributed by atoms with van der Waals surface area (Å²) in [7, 11) is 0. The van der Waals surface area contributed by atoms with Crippen LogP contribution in [0.2, 0.25) is 5.02 Å². The summed E-state index contributed by atoms with van der Waals surface area (Å²) >= 11 is 9.09. The van der Waals surface area contributed by atoms with Crippen LogP contribution >= 0.6 is 45.5 Å². The highest BCUT2D eigenvalue weighted by atomic mass is 127. The van der Waals surface area contributed by atoms with Gasteiger partial charge in [-0.3, -0.25) is 9.36 Å². The number of fused-ring (bicyclic) bond motifs is 1. The van der Waals surface area contributed by atoms with Gasteiger partial charge in [-0.25, -0.2) is 9.79 Å². The molecule has 0 radical (unpaired) electrons. The molecule has 0 N–H and O–H groups in total. The molecule has 12 heteroatoms. The average Bonchev–Trinajstić information content (AvgIpc) is 3.38. The number of nitrogens with zero attached hydrogens (tertiary/aromatic N) is 3.